The highest BCUT2D eigenvalue weighted by atomic mass is 32.2. The van der Waals surface area contributed by atoms with Gasteiger partial charge in [0.2, 0.25) is 5.91 Å². The van der Waals surface area contributed by atoms with Crippen LogP contribution in [-0.4, -0.2) is 31.5 Å². The number of nitrogens with zero attached hydrogens (tertiary/aromatic N) is 4. The number of nitrogens with one attached hydrogen (secondary N) is 2. The molecule has 1 aromatic heterocycles. The average molecular weight is 412 g/mol. The molecule has 0 radical (unpaired) electrons. The van der Waals surface area contributed by atoms with E-state index in [2.05, 4.69) is 20.8 Å². The molecule has 11 heteroatoms. The first-order chi connectivity index (χ1) is 13.8. The predicted octanol–water partition coefficient (Wildman–Crippen LogP) is 3.09. The van der Waals surface area contributed by atoms with Gasteiger partial charge in [-0.05, 0) is 48.2 Å². The minimum Gasteiger partial charge on any atom is -0.326 e. The lowest BCUT2D eigenvalue weighted by molar-refractivity contribution is -0.387. The Labute approximate surface area is 169 Å². The SMILES string of the molecule is CC(=O)Nc1ccc(NC(=O)c2ccc(Sc3nncn3C)c([N+](=O)[O-])c2)cc1. The number of anilines is 2. The van der Waals surface area contributed by atoms with E-state index >= 15 is 0 Å². The van der Waals surface area contributed by atoms with Crippen molar-refractivity contribution in [2.75, 3.05) is 10.6 Å². The van der Waals surface area contributed by atoms with Crippen molar-refractivity contribution in [1.29, 1.82) is 0 Å². The Bertz CT molecular complexity index is 1080. The van der Waals surface area contributed by atoms with Gasteiger partial charge in [0.25, 0.3) is 11.6 Å². The predicted molar refractivity (Wildman–Crippen MR) is 107 cm³/mol. The zero-order valence-electron chi connectivity index (χ0n) is 15.4. The largest absolute Gasteiger partial charge is 0.326 e. The highest BCUT2D eigenvalue weighted by Crippen LogP contribution is 2.34. The van der Waals surface area contributed by atoms with Crippen LogP contribution in [0.25, 0.3) is 0 Å². The number of aromatic nitrogens is 3. The summed E-state index contributed by atoms with van der Waals surface area (Å²) in [6.45, 7) is 1.40. The summed E-state index contributed by atoms with van der Waals surface area (Å²) >= 11 is 1.09. The summed E-state index contributed by atoms with van der Waals surface area (Å²) in [6, 6.07) is 10.8. The Morgan fingerprint density at radius 1 is 1.10 bits per heavy atom. The summed E-state index contributed by atoms with van der Waals surface area (Å²) in [5.41, 5.74) is 1.03. The Morgan fingerprint density at radius 2 is 1.76 bits per heavy atom. The quantitative estimate of drug-likeness (QED) is 0.469. The first kappa shape index (κ1) is 20.0. The summed E-state index contributed by atoms with van der Waals surface area (Å²) in [4.78, 5) is 34.8. The van der Waals surface area contributed by atoms with E-state index in [-0.39, 0.29) is 17.2 Å². The lowest BCUT2D eigenvalue weighted by atomic mass is 10.2. The van der Waals surface area contributed by atoms with Gasteiger partial charge in [-0.3, -0.25) is 19.7 Å². The van der Waals surface area contributed by atoms with Crippen LogP contribution in [-0.2, 0) is 11.8 Å². The molecule has 0 aliphatic heterocycles. The molecule has 10 nitrogen and oxygen atoms in total. The number of hydrogen-bond donors (Lipinski definition) is 2. The fraction of sp³-hybridized carbons (Fsp3) is 0.111. The molecule has 2 amide bonds. The zero-order valence-corrected chi connectivity index (χ0v) is 16.3. The number of carbonyl (C=O) groups is 2. The van der Waals surface area contributed by atoms with E-state index in [0.29, 0.717) is 21.4 Å². The molecule has 0 aliphatic carbocycles. The molecule has 0 fully saturated rings. The molecule has 2 aromatic carbocycles. The van der Waals surface area contributed by atoms with E-state index in [9.17, 15) is 19.7 Å². The Kier molecular flexibility index (Phi) is 5.88. The maximum Gasteiger partial charge on any atom is 0.284 e. The molecule has 0 saturated heterocycles. The fourth-order valence-electron chi connectivity index (χ4n) is 2.39. The molecule has 0 spiro atoms. The maximum atomic E-state index is 12.5. The lowest BCUT2D eigenvalue weighted by Gasteiger charge is -2.08. The normalized spacial score (nSPS) is 10.4. The number of rotatable bonds is 6. The van der Waals surface area contributed by atoms with Crippen LogP contribution < -0.4 is 10.6 Å². The van der Waals surface area contributed by atoms with Gasteiger partial charge in [0, 0.05) is 37.0 Å². The molecule has 1 heterocycles. The molecule has 0 aliphatic rings. The lowest BCUT2D eigenvalue weighted by Crippen LogP contribution is -2.12. The van der Waals surface area contributed by atoms with Crippen molar-refractivity contribution in [2.45, 2.75) is 17.0 Å². The fourth-order valence-corrected chi connectivity index (χ4v) is 3.24. The second-order valence-electron chi connectivity index (χ2n) is 5.98. The molecule has 148 valence electrons. The van der Waals surface area contributed by atoms with Crippen LogP contribution in [0, 0.1) is 10.1 Å². The second-order valence-corrected chi connectivity index (χ2v) is 6.99. The van der Waals surface area contributed by atoms with Crippen LogP contribution in [0.4, 0.5) is 17.1 Å². The van der Waals surface area contributed by atoms with Gasteiger partial charge in [0.1, 0.15) is 6.33 Å². The van der Waals surface area contributed by atoms with Gasteiger partial charge in [0.05, 0.1) is 9.82 Å². The first-order valence-electron chi connectivity index (χ1n) is 8.33. The molecular formula is C18H16N6O4S. The second kappa shape index (κ2) is 8.52. The summed E-state index contributed by atoms with van der Waals surface area (Å²) in [6.07, 6.45) is 1.49. The summed E-state index contributed by atoms with van der Waals surface area (Å²) in [7, 11) is 1.73. The molecule has 2 N–H and O–H groups in total. The van der Waals surface area contributed by atoms with Gasteiger partial charge in [-0.25, -0.2) is 0 Å². The molecule has 3 aromatic rings. The number of nitro benzene ring substituents is 1. The number of carbonyl (C=O) groups excluding carboxylic acids is 2. The highest BCUT2D eigenvalue weighted by molar-refractivity contribution is 7.99. The van der Waals surface area contributed by atoms with Crippen LogP contribution >= 0.6 is 11.8 Å². The van der Waals surface area contributed by atoms with Crippen molar-refractivity contribution in [3.63, 3.8) is 0 Å². The van der Waals surface area contributed by atoms with E-state index in [1.165, 1.54) is 31.5 Å². The van der Waals surface area contributed by atoms with Crippen molar-refractivity contribution < 1.29 is 14.5 Å². The Balaban J connectivity index is 1.78. The van der Waals surface area contributed by atoms with Crippen molar-refractivity contribution in [3.05, 3.63) is 64.5 Å². The topological polar surface area (TPSA) is 132 Å². The number of amides is 2. The monoisotopic (exact) mass is 412 g/mol. The Hall–Kier alpha value is -3.73. The minimum atomic E-state index is -0.544. The molecule has 0 bridgehead atoms. The third kappa shape index (κ3) is 4.96. The number of benzene rings is 2. The van der Waals surface area contributed by atoms with Gasteiger partial charge in [-0.15, -0.1) is 10.2 Å². The molecular weight excluding hydrogens is 396 g/mol. The van der Waals surface area contributed by atoms with Crippen molar-refractivity contribution in [3.8, 4) is 0 Å². The molecule has 29 heavy (non-hydrogen) atoms. The maximum absolute atomic E-state index is 12.5. The van der Waals surface area contributed by atoms with E-state index in [1.807, 2.05) is 0 Å². The van der Waals surface area contributed by atoms with Gasteiger partial charge in [-0.2, -0.15) is 0 Å². The highest BCUT2D eigenvalue weighted by Gasteiger charge is 2.20. The molecule has 3 rings (SSSR count). The zero-order chi connectivity index (χ0) is 21.0. The van der Waals surface area contributed by atoms with Gasteiger partial charge < -0.3 is 15.2 Å². The molecule has 0 unspecified atom stereocenters. The molecule has 0 atom stereocenters. The van der Waals surface area contributed by atoms with Crippen molar-refractivity contribution in [2.24, 2.45) is 7.05 Å². The Morgan fingerprint density at radius 3 is 2.31 bits per heavy atom. The van der Waals surface area contributed by atoms with Crippen molar-refractivity contribution in [1.82, 2.24) is 14.8 Å². The van der Waals surface area contributed by atoms with E-state index in [4.69, 9.17) is 0 Å². The van der Waals surface area contributed by atoms with Crippen LogP contribution in [0.3, 0.4) is 0 Å². The van der Waals surface area contributed by atoms with Gasteiger partial charge in [0.15, 0.2) is 5.16 Å². The van der Waals surface area contributed by atoms with Crippen LogP contribution in [0.15, 0.2) is 58.8 Å². The summed E-state index contributed by atoms with van der Waals surface area (Å²) in [5, 5.41) is 24.9. The first-order valence-corrected chi connectivity index (χ1v) is 9.14. The summed E-state index contributed by atoms with van der Waals surface area (Å²) in [5.74, 6) is -0.691. The number of nitro groups is 1. The third-order valence-corrected chi connectivity index (χ3v) is 4.87. The third-order valence-electron chi connectivity index (χ3n) is 3.75. The van der Waals surface area contributed by atoms with E-state index in [0.717, 1.165) is 11.8 Å². The standard InChI is InChI=1S/C18H16N6O4S/c1-11(25)20-13-4-6-14(7-5-13)21-17(26)12-3-8-16(15(9-12)24(27)28)29-18-22-19-10-23(18)2/h3-10H,1-2H3,(H,20,25)(H,21,26). The van der Waals surface area contributed by atoms with E-state index in [1.54, 1.807) is 35.9 Å². The van der Waals surface area contributed by atoms with Crippen LogP contribution in [0.1, 0.15) is 17.3 Å². The number of hydrogen-bond acceptors (Lipinski definition) is 7. The van der Waals surface area contributed by atoms with Crippen LogP contribution in [0.5, 0.6) is 0 Å². The van der Waals surface area contributed by atoms with Crippen LogP contribution in [0.2, 0.25) is 0 Å². The van der Waals surface area contributed by atoms with Gasteiger partial charge in [-0.1, -0.05) is 0 Å². The molecule has 0 saturated carbocycles. The summed E-state index contributed by atoms with van der Waals surface area (Å²) < 4.78 is 1.64. The smallest absolute Gasteiger partial charge is 0.284 e. The minimum absolute atomic E-state index is 0.143. The van der Waals surface area contributed by atoms with Crippen molar-refractivity contribution >= 4 is 40.6 Å². The van der Waals surface area contributed by atoms with Gasteiger partial charge >= 0.3 is 0 Å². The average Bonchev–Trinajstić information content (AvgIpc) is 3.07. The van der Waals surface area contributed by atoms with E-state index < -0.39 is 10.8 Å². The number of aryl methyl sites for hydroxylation is 1.